The normalized spacial score (nSPS) is 10.0. The van der Waals surface area contributed by atoms with Crippen molar-refractivity contribution in [2.24, 2.45) is 0 Å². The van der Waals surface area contributed by atoms with Crippen LogP contribution in [-0.2, 0) is 6.54 Å². The Morgan fingerprint density at radius 2 is 1.79 bits per heavy atom. The molecule has 0 amide bonds. The maximum Gasteiger partial charge on any atom is 0.160 e. The fourth-order valence-corrected chi connectivity index (χ4v) is 1.62. The molecule has 1 N–H and O–H groups in total. The fraction of sp³-hybridized carbons (Fsp3) is 0.0714. The molecule has 0 fully saturated rings. The van der Waals surface area contributed by atoms with Gasteiger partial charge in [0.1, 0.15) is 5.82 Å². The number of nitriles is 1. The summed E-state index contributed by atoms with van der Waals surface area (Å²) in [5.74, 6) is -2.36. The Morgan fingerprint density at radius 3 is 2.47 bits per heavy atom. The maximum atomic E-state index is 13.1. The van der Waals surface area contributed by atoms with Crippen molar-refractivity contribution in [3.63, 3.8) is 0 Å². The summed E-state index contributed by atoms with van der Waals surface area (Å²) in [6.07, 6.45) is 0. The van der Waals surface area contributed by atoms with Crippen LogP contribution in [0.4, 0.5) is 18.9 Å². The lowest BCUT2D eigenvalue weighted by molar-refractivity contribution is 0.509. The van der Waals surface area contributed by atoms with Gasteiger partial charge in [-0.25, -0.2) is 13.2 Å². The molecule has 0 aliphatic heterocycles. The molecule has 2 rings (SSSR count). The Hall–Kier alpha value is -2.48. The number of anilines is 1. The third-order valence-electron chi connectivity index (χ3n) is 2.59. The van der Waals surface area contributed by atoms with Gasteiger partial charge in [0.2, 0.25) is 0 Å². The van der Waals surface area contributed by atoms with E-state index in [4.69, 9.17) is 5.26 Å². The Kier molecular flexibility index (Phi) is 3.71. The van der Waals surface area contributed by atoms with Crippen LogP contribution in [0.15, 0.2) is 36.4 Å². The second kappa shape index (κ2) is 5.44. The van der Waals surface area contributed by atoms with Crippen LogP contribution < -0.4 is 5.32 Å². The van der Waals surface area contributed by atoms with Gasteiger partial charge in [0.15, 0.2) is 11.6 Å². The zero-order valence-corrected chi connectivity index (χ0v) is 9.75. The highest BCUT2D eigenvalue weighted by atomic mass is 19.2. The highest BCUT2D eigenvalue weighted by Gasteiger charge is 2.05. The molecule has 0 spiro atoms. The minimum atomic E-state index is -0.968. The van der Waals surface area contributed by atoms with E-state index in [2.05, 4.69) is 5.32 Å². The molecule has 0 heterocycles. The molecular weight excluding hydrogens is 253 g/mol. The molecular formula is C14H9F3N2. The van der Waals surface area contributed by atoms with Crippen molar-refractivity contribution in [3.05, 3.63) is 65.0 Å². The van der Waals surface area contributed by atoms with Crippen molar-refractivity contribution in [2.75, 3.05) is 5.32 Å². The number of halogens is 3. The van der Waals surface area contributed by atoms with Crippen molar-refractivity contribution >= 4 is 5.69 Å². The van der Waals surface area contributed by atoms with Crippen LogP contribution in [0.5, 0.6) is 0 Å². The predicted octanol–water partition coefficient (Wildman–Crippen LogP) is 3.59. The first-order valence-electron chi connectivity index (χ1n) is 5.47. The van der Waals surface area contributed by atoms with Crippen molar-refractivity contribution in [1.82, 2.24) is 0 Å². The monoisotopic (exact) mass is 262 g/mol. The smallest absolute Gasteiger partial charge is 0.160 e. The summed E-state index contributed by atoms with van der Waals surface area (Å²) in [5, 5.41) is 11.7. The van der Waals surface area contributed by atoms with Crippen LogP contribution in [-0.4, -0.2) is 0 Å². The van der Waals surface area contributed by atoms with E-state index in [0.717, 1.165) is 12.1 Å². The molecule has 0 saturated carbocycles. The number of nitrogens with zero attached hydrogens (tertiary/aromatic N) is 1. The van der Waals surface area contributed by atoms with Crippen molar-refractivity contribution in [1.29, 1.82) is 5.26 Å². The Morgan fingerprint density at radius 1 is 1.00 bits per heavy atom. The van der Waals surface area contributed by atoms with Gasteiger partial charge in [-0.05, 0) is 35.9 Å². The molecule has 2 aromatic carbocycles. The number of nitrogens with one attached hydrogen (secondary N) is 1. The van der Waals surface area contributed by atoms with Crippen molar-refractivity contribution in [2.45, 2.75) is 6.54 Å². The molecule has 0 aliphatic rings. The molecule has 96 valence electrons. The molecule has 0 saturated heterocycles. The van der Waals surface area contributed by atoms with Crippen molar-refractivity contribution < 1.29 is 13.2 Å². The van der Waals surface area contributed by atoms with Crippen molar-refractivity contribution in [3.8, 4) is 6.07 Å². The summed E-state index contributed by atoms with van der Waals surface area (Å²) in [6, 6.07) is 9.09. The average Bonchev–Trinajstić information content (AvgIpc) is 2.40. The van der Waals surface area contributed by atoms with E-state index >= 15 is 0 Å². The van der Waals surface area contributed by atoms with Crippen LogP contribution in [0.25, 0.3) is 0 Å². The molecule has 5 heteroatoms. The first-order chi connectivity index (χ1) is 9.10. The summed E-state index contributed by atoms with van der Waals surface area (Å²) in [5.41, 5.74) is 1.13. The molecule has 2 nitrogen and oxygen atoms in total. The number of hydrogen-bond acceptors (Lipinski definition) is 2. The molecule has 0 aliphatic carbocycles. The lowest BCUT2D eigenvalue weighted by Crippen LogP contribution is -2.03. The third-order valence-corrected chi connectivity index (χ3v) is 2.59. The zero-order valence-electron chi connectivity index (χ0n) is 9.75. The lowest BCUT2D eigenvalue weighted by atomic mass is 10.1. The van der Waals surface area contributed by atoms with Gasteiger partial charge in [0, 0.05) is 18.3 Å². The largest absolute Gasteiger partial charge is 0.381 e. The van der Waals surface area contributed by atoms with E-state index < -0.39 is 17.5 Å². The fourth-order valence-electron chi connectivity index (χ4n) is 1.62. The summed E-state index contributed by atoms with van der Waals surface area (Å²) in [6.45, 7) is 0.145. The molecule has 19 heavy (non-hydrogen) atoms. The first-order valence-corrected chi connectivity index (χ1v) is 5.47. The number of rotatable bonds is 3. The van der Waals surface area contributed by atoms with Gasteiger partial charge in [0.05, 0.1) is 11.6 Å². The molecule has 0 bridgehead atoms. The van der Waals surface area contributed by atoms with Gasteiger partial charge in [0.25, 0.3) is 0 Å². The minimum Gasteiger partial charge on any atom is -0.381 e. The Labute approximate surface area is 108 Å². The topological polar surface area (TPSA) is 35.8 Å². The van der Waals surface area contributed by atoms with Gasteiger partial charge in [-0.2, -0.15) is 5.26 Å². The second-order valence-corrected chi connectivity index (χ2v) is 3.90. The predicted molar refractivity (Wildman–Crippen MR) is 64.8 cm³/mol. The van der Waals surface area contributed by atoms with Gasteiger partial charge in [-0.1, -0.05) is 0 Å². The van der Waals surface area contributed by atoms with Gasteiger partial charge >= 0.3 is 0 Å². The van der Waals surface area contributed by atoms with Crippen LogP contribution in [0, 0.1) is 28.8 Å². The SMILES string of the molecule is N#Cc1ccc(F)cc1CNc1ccc(F)c(F)c1. The van der Waals surface area contributed by atoms with Crippen LogP contribution in [0.3, 0.4) is 0 Å². The first kappa shape index (κ1) is 13.0. The van der Waals surface area contributed by atoms with E-state index in [-0.39, 0.29) is 6.54 Å². The summed E-state index contributed by atoms with van der Waals surface area (Å²) in [4.78, 5) is 0. The zero-order chi connectivity index (χ0) is 13.8. The second-order valence-electron chi connectivity index (χ2n) is 3.90. The molecule has 0 unspecified atom stereocenters. The number of hydrogen-bond donors (Lipinski definition) is 1. The molecule has 0 radical (unpaired) electrons. The van der Waals surface area contributed by atoms with Crippen LogP contribution >= 0.6 is 0 Å². The third kappa shape index (κ3) is 3.05. The molecule has 0 atom stereocenters. The van der Waals surface area contributed by atoms with E-state index in [9.17, 15) is 13.2 Å². The van der Waals surface area contributed by atoms with Gasteiger partial charge in [-0.15, -0.1) is 0 Å². The van der Waals surface area contributed by atoms with Gasteiger partial charge in [-0.3, -0.25) is 0 Å². The van der Waals surface area contributed by atoms with Gasteiger partial charge < -0.3 is 5.32 Å². The standard InChI is InChI=1S/C14H9F3N2/c15-11-2-1-9(7-18)10(5-11)8-19-12-3-4-13(16)14(17)6-12/h1-6,19H,8H2. The van der Waals surface area contributed by atoms with E-state index in [1.165, 1.54) is 24.3 Å². The summed E-state index contributed by atoms with van der Waals surface area (Å²) >= 11 is 0. The lowest BCUT2D eigenvalue weighted by Gasteiger charge is -2.08. The summed E-state index contributed by atoms with van der Waals surface area (Å²) in [7, 11) is 0. The molecule has 0 aromatic heterocycles. The maximum absolute atomic E-state index is 13.1. The minimum absolute atomic E-state index is 0.145. The quantitative estimate of drug-likeness (QED) is 0.917. The Balaban J connectivity index is 2.16. The van der Waals surface area contributed by atoms with E-state index in [1.807, 2.05) is 6.07 Å². The Bertz CT molecular complexity index is 648. The van der Waals surface area contributed by atoms with E-state index in [0.29, 0.717) is 16.8 Å². The van der Waals surface area contributed by atoms with Crippen LogP contribution in [0.1, 0.15) is 11.1 Å². The molecule has 2 aromatic rings. The van der Waals surface area contributed by atoms with E-state index in [1.54, 1.807) is 0 Å². The van der Waals surface area contributed by atoms with Crippen LogP contribution in [0.2, 0.25) is 0 Å². The number of benzene rings is 2. The highest BCUT2D eigenvalue weighted by Crippen LogP contribution is 2.16. The highest BCUT2D eigenvalue weighted by molar-refractivity contribution is 5.46. The average molecular weight is 262 g/mol. The summed E-state index contributed by atoms with van der Waals surface area (Å²) < 4.78 is 38.8.